The van der Waals surface area contributed by atoms with Crippen LogP contribution in [0.1, 0.15) is 19.4 Å². The molecule has 0 saturated heterocycles. The zero-order valence-corrected chi connectivity index (χ0v) is 14.1. The van der Waals surface area contributed by atoms with Crippen LogP contribution in [-0.4, -0.2) is 11.8 Å². The molecule has 0 aliphatic carbocycles. The number of aryl methyl sites for hydroxylation is 1. The zero-order valence-electron chi connectivity index (χ0n) is 13.3. The van der Waals surface area contributed by atoms with Crippen molar-refractivity contribution in [3.8, 4) is 0 Å². The number of hydrogen-bond donors (Lipinski definition) is 2. The molecule has 0 spiro atoms. The number of benzene rings is 2. The van der Waals surface area contributed by atoms with Gasteiger partial charge in [0.2, 0.25) is 11.8 Å². The average molecular weight is 331 g/mol. The number of anilines is 2. The van der Waals surface area contributed by atoms with E-state index in [0.717, 1.165) is 5.56 Å². The van der Waals surface area contributed by atoms with E-state index in [9.17, 15) is 9.59 Å². The zero-order chi connectivity index (χ0) is 17.0. The molecule has 0 atom stereocenters. The molecule has 0 fully saturated rings. The van der Waals surface area contributed by atoms with E-state index < -0.39 is 5.41 Å². The van der Waals surface area contributed by atoms with Gasteiger partial charge in [0, 0.05) is 16.4 Å². The largest absolute Gasteiger partial charge is 0.325 e. The molecule has 2 aromatic rings. The van der Waals surface area contributed by atoms with Gasteiger partial charge in [-0.1, -0.05) is 29.8 Å². The highest BCUT2D eigenvalue weighted by molar-refractivity contribution is 6.30. The normalized spacial score (nSPS) is 11.0. The predicted octanol–water partition coefficient (Wildman–Crippen LogP) is 4.25. The van der Waals surface area contributed by atoms with Gasteiger partial charge in [0.1, 0.15) is 5.41 Å². The molecule has 2 aromatic carbocycles. The molecule has 0 bridgehead atoms. The Morgan fingerprint density at radius 2 is 1.57 bits per heavy atom. The molecular formula is C18H19ClN2O2. The molecule has 0 heterocycles. The standard InChI is InChI=1S/C18H19ClN2O2/c1-12-11-13(19)9-10-15(12)21-17(23)18(2,3)16(22)20-14-7-5-4-6-8-14/h4-11H,1-3H3,(H,20,22)(H,21,23). The minimum absolute atomic E-state index is 0.368. The molecule has 0 aliphatic heterocycles. The SMILES string of the molecule is Cc1cc(Cl)ccc1NC(=O)C(C)(C)C(=O)Nc1ccccc1. The van der Waals surface area contributed by atoms with E-state index in [-0.39, 0.29) is 11.8 Å². The van der Waals surface area contributed by atoms with Crippen LogP contribution in [-0.2, 0) is 9.59 Å². The second-order valence-electron chi connectivity index (χ2n) is 5.86. The van der Waals surface area contributed by atoms with E-state index in [1.807, 2.05) is 25.1 Å². The Labute approximate surface area is 140 Å². The number of amides is 2. The molecule has 120 valence electrons. The Hall–Kier alpha value is -2.33. The van der Waals surface area contributed by atoms with Gasteiger partial charge in [0.05, 0.1) is 0 Å². The molecular weight excluding hydrogens is 312 g/mol. The van der Waals surface area contributed by atoms with Crippen LogP contribution < -0.4 is 10.6 Å². The minimum Gasteiger partial charge on any atom is -0.325 e. The summed E-state index contributed by atoms with van der Waals surface area (Å²) < 4.78 is 0. The van der Waals surface area contributed by atoms with Crippen molar-refractivity contribution in [2.45, 2.75) is 20.8 Å². The van der Waals surface area contributed by atoms with E-state index in [4.69, 9.17) is 11.6 Å². The van der Waals surface area contributed by atoms with Gasteiger partial charge in [0.15, 0.2) is 0 Å². The molecule has 23 heavy (non-hydrogen) atoms. The Balaban J connectivity index is 2.11. The smallest absolute Gasteiger partial charge is 0.239 e. The molecule has 4 nitrogen and oxygen atoms in total. The fourth-order valence-corrected chi connectivity index (χ4v) is 2.18. The van der Waals surface area contributed by atoms with Crippen molar-refractivity contribution in [2.75, 3.05) is 10.6 Å². The first-order valence-corrected chi connectivity index (χ1v) is 7.62. The van der Waals surface area contributed by atoms with Crippen LogP contribution in [0.5, 0.6) is 0 Å². The quantitative estimate of drug-likeness (QED) is 0.823. The third kappa shape index (κ3) is 4.11. The highest BCUT2D eigenvalue weighted by atomic mass is 35.5. The Morgan fingerprint density at radius 3 is 2.17 bits per heavy atom. The van der Waals surface area contributed by atoms with Gasteiger partial charge in [0.25, 0.3) is 0 Å². The number of nitrogens with one attached hydrogen (secondary N) is 2. The fourth-order valence-electron chi connectivity index (χ4n) is 1.96. The molecule has 2 N–H and O–H groups in total. The van der Waals surface area contributed by atoms with Crippen LogP contribution in [0.15, 0.2) is 48.5 Å². The summed E-state index contributed by atoms with van der Waals surface area (Å²) >= 11 is 5.91. The summed E-state index contributed by atoms with van der Waals surface area (Å²) in [6.45, 7) is 5.02. The number of carbonyl (C=O) groups is 2. The maximum Gasteiger partial charge on any atom is 0.239 e. The first kappa shape index (κ1) is 17.0. The van der Waals surface area contributed by atoms with Gasteiger partial charge in [-0.05, 0) is 56.7 Å². The summed E-state index contributed by atoms with van der Waals surface area (Å²) in [5.41, 5.74) is 0.910. The number of halogens is 1. The minimum atomic E-state index is -1.22. The molecule has 2 amide bonds. The van der Waals surface area contributed by atoms with Gasteiger partial charge >= 0.3 is 0 Å². The molecule has 0 unspecified atom stereocenters. The summed E-state index contributed by atoms with van der Waals surface area (Å²) in [6, 6.07) is 14.2. The van der Waals surface area contributed by atoms with Crippen molar-refractivity contribution < 1.29 is 9.59 Å². The second kappa shape index (κ2) is 6.84. The maximum absolute atomic E-state index is 12.5. The third-order valence-corrected chi connectivity index (χ3v) is 3.84. The van der Waals surface area contributed by atoms with Gasteiger partial charge in [-0.3, -0.25) is 9.59 Å². The lowest BCUT2D eigenvalue weighted by atomic mass is 9.90. The van der Waals surface area contributed by atoms with E-state index in [1.54, 1.807) is 44.2 Å². The molecule has 0 radical (unpaired) electrons. The van der Waals surface area contributed by atoms with Crippen molar-refractivity contribution in [1.29, 1.82) is 0 Å². The van der Waals surface area contributed by atoms with Crippen LogP contribution in [0.25, 0.3) is 0 Å². The number of para-hydroxylation sites is 1. The Morgan fingerprint density at radius 1 is 0.957 bits per heavy atom. The topological polar surface area (TPSA) is 58.2 Å². The molecule has 2 rings (SSSR count). The van der Waals surface area contributed by atoms with Gasteiger partial charge in [-0.15, -0.1) is 0 Å². The Bertz CT molecular complexity index is 727. The van der Waals surface area contributed by atoms with Crippen molar-refractivity contribution >= 4 is 34.8 Å². The highest BCUT2D eigenvalue weighted by Gasteiger charge is 2.36. The van der Waals surface area contributed by atoms with Crippen molar-refractivity contribution in [2.24, 2.45) is 5.41 Å². The lowest BCUT2D eigenvalue weighted by molar-refractivity contribution is -0.135. The fraction of sp³-hybridized carbons (Fsp3) is 0.222. The second-order valence-corrected chi connectivity index (χ2v) is 6.29. The van der Waals surface area contributed by atoms with Crippen LogP contribution in [0.4, 0.5) is 11.4 Å². The van der Waals surface area contributed by atoms with E-state index in [1.165, 1.54) is 0 Å². The number of carbonyl (C=O) groups excluding carboxylic acids is 2. The summed E-state index contributed by atoms with van der Waals surface area (Å²) in [7, 11) is 0. The summed E-state index contributed by atoms with van der Waals surface area (Å²) in [6.07, 6.45) is 0. The first-order chi connectivity index (χ1) is 10.8. The maximum atomic E-state index is 12.5. The van der Waals surface area contributed by atoms with E-state index in [0.29, 0.717) is 16.4 Å². The van der Waals surface area contributed by atoms with Crippen LogP contribution >= 0.6 is 11.6 Å². The first-order valence-electron chi connectivity index (χ1n) is 7.25. The van der Waals surface area contributed by atoms with Gasteiger partial charge < -0.3 is 10.6 Å². The summed E-state index contributed by atoms with van der Waals surface area (Å²) in [4.78, 5) is 24.9. The number of hydrogen-bond acceptors (Lipinski definition) is 2. The van der Waals surface area contributed by atoms with Crippen molar-refractivity contribution in [3.05, 3.63) is 59.1 Å². The van der Waals surface area contributed by atoms with E-state index >= 15 is 0 Å². The summed E-state index contributed by atoms with van der Waals surface area (Å²) in [5, 5.41) is 6.14. The molecule has 0 saturated carbocycles. The lowest BCUT2D eigenvalue weighted by Crippen LogP contribution is -2.41. The Kier molecular flexibility index (Phi) is 5.06. The monoisotopic (exact) mass is 330 g/mol. The summed E-state index contributed by atoms with van der Waals surface area (Å²) in [5.74, 6) is -0.746. The predicted molar refractivity (Wildman–Crippen MR) is 93.7 cm³/mol. The van der Waals surface area contributed by atoms with Crippen LogP contribution in [0.3, 0.4) is 0 Å². The highest BCUT2D eigenvalue weighted by Crippen LogP contribution is 2.24. The third-order valence-electron chi connectivity index (χ3n) is 3.60. The molecule has 5 heteroatoms. The van der Waals surface area contributed by atoms with Crippen molar-refractivity contribution in [3.63, 3.8) is 0 Å². The van der Waals surface area contributed by atoms with Gasteiger partial charge in [-0.2, -0.15) is 0 Å². The number of rotatable bonds is 4. The van der Waals surface area contributed by atoms with Crippen LogP contribution in [0.2, 0.25) is 5.02 Å². The van der Waals surface area contributed by atoms with Crippen molar-refractivity contribution in [1.82, 2.24) is 0 Å². The average Bonchev–Trinajstić information content (AvgIpc) is 2.50. The van der Waals surface area contributed by atoms with Gasteiger partial charge in [-0.25, -0.2) is 0 Å². The molecule has 0 aliphatic rings. The van der Waals surface area contributed by atoms with Crippen LogP contribution in [0, 0.1) is 12.3 Å². The van der Waals surface area contributed by atoms with E-state index in [2.05, 4.69) is 10.6 Å². The lowest BCUT2D eigenvalue weighted by Gasteiger charge is -2.23. The molecule has 0 aromatic heterocycles.